The number of amides is 2. The van der Waals surface area contributed by atoms with Crippen molar-refractivity contribution >= 4 is 35.1 Å². The minimum absolute atomic E-state index is 0.0259. The lowest BCUT2D eigenvalue weighted by atomic mass is 10.1. The predicted molar refractivity (Wildman–Crippen MR) is 111 cm³/mol. The van der Waals surface area contributed by atoms with Gasteiger partial charge in [0, 0.05) is 18.4 Å². The van der Waals surface area contributed by atoms with Crippen LogP contribution in [0.2, 0.25) is 5.15 Å². The molecule has 0 aliphatic heterocycles. The Kier molecular flexibility index (Phi) is 7.34. The first-order valence-electron chi connectivity index (χ1n) is 9.04. The van der Waals surface area contributed by atoms with Gasteiger partial charge in [-0.1, -0.05) is 29.3 Å². The van der Waals surface area contributed by atoms with E-state index in [0.29, 0.717) is 16.9 Å². The number of hydrogen-bond acceptors (Lipinski definition) is 5. The molecule has 2 aromatic rings. The smallest absolute Gasteiger partial charge is 0.342 e. The maximum absolute atomic E-state index is 12.5. The lowest BCUT2D eigenvalue weighted by Gasteiger charge is -2.21. The number of nitrogens with one attached hydrogen (secondary N) is 1. The Hall–Kier alpha value is -2.93. The number of pyridine rings is 1. The first-order chi connectivity index (χ1) is 13.6. The highest BCUT2D eigenvalue weighted by Crippen LogP contribution is 2.20. The predicted octanol–water partition coefficient (Wildman–Crippen LogP) is 3.30. The van der Waals surface area contributed by atoms with E-state index >= 15 is 0 Å². The molecule has 0 aliphatic carbocycles. The van der Waals surface area contributed by atoms with Gasteiger partial charge < -0.3 is 15.0 Å². The van der Waals surface area contributed by atoms with E-state index in [1.807, 2.05) is 19.1 Å². The summed E-state index contributed by atoms with van der Waals surface area (Å²) in [5.74, 6) is -1.60. The van der Waals surface area contributed by atoms with Crippen molar-refractivity contribution in [3.05, 3.63) is 57.9 Å². The highest BCUT2D eigenvalue weighted by molar-refractivity contribution is 6.32. The minimum Gasteiger partial charge on any atom is -0.449 e. The van der Waals surface area contributed by atoms with Crippen molar-refractivity contribution in [2.75, 3.05) is 18.9 Å². The number of halogens is 1. The topological polar surface area (TPSA) is 88.6 Å². The Morgan fingerprint density at radius 2 is 1.79 bits per heavy atom. The van der Waals surface area contributed by atoms with Crippen LogP contribution in [-0.4, -0.2) is 47.4 Å². The van der Waals surface area contributed by atoms with Gasteiger partial charge in [-0.3, -0.25) is 9.59 Å². The molecular weight excluding hydrogens is 394 g/mol. The molecule has 0 bridgehead atoms. The molecule has 154 valence electrons. The Labute approximate surface area is 175 Å². The summed E-state index contributed by atoms with van der Waals surface area (Å²) in [6.45, 7) is 6.68. The number of anilines is 1. The molecule has 1 aromatic carbocycles. The molecule has 0 saturated heterocycles. The van der Waals surface area contributed by atoms with Crippen LogP contribution in [0.1, 0.15) is 34.1 Å². The third-order valence-corrected chi connectivity index (χ3v) is 4.50. The van der Waals surface area contributed by atoms with Crippen LogP contribution >= 0.6 is 11.6 Å². The molecule has 8 heteroatoms. The summed E-state index contributed by atoms with van der Waals surface area (Å²) in [5, 5.41) is 2.74. The number of rotatable bonds is 6. The van der Waals surface area contributed by atoms with E-state index in [-0.39, 0.29) is 23.2 Å². The zero-order valence-electron chi connectivity index (χ0n) is 17.1. The number of ether oxygens (including phenoxy) is 1. The molecule has 2 amide bonds. The molecule has 1 N–H and O–H groups in total. The maximum atomic E-state index is 12.5. The lowest BCUT2D eigenvalue weighted by Crippen LogP contribution is -2.41. The Balaban J connectivity index is 1.95. The summed E-state index contributed by atoms with van der Waals surface area (Å²) in [7, 11) is 1.47. The van der Waals surface area contributed by atoms with E-state index in [2.05, 4.69) is 10.3 Å². The fourth-order valence-corrected chi connectivity index (χ4v) is 3.11. The fourth-order valence-electron chi connectivity index (χ4n) is 2.75. The quantitative estimate of drug-likeness (QED) is 0.575. The van der Waals surface area contributed by atoms with Gasteiger partial charge in [-0.15, -0.1) is 0 Å². The lowest BCUT2D eigenvalue weighted by molar-refractivity contribution is -0.140. The summed E-state index contributed by atoms with van der Waals surface area (Å²) in [6.07, 6.45) is -1.09. The number of likely N-dealkylation sites (N-methyl/N-ethyl adjacent to an activating group) is 1. The van der Waals surface area contributed by atoms with Crippen molar-refractivity contribution in [2.45, 2.75) is 33.8 Å². The molecule has 0 unspecified atom stereocenters. The van der Waals surface area contributed by atoms with Crippen molar-refractivity contribution < 1.29 is 19.1 Å². The van der Waals surface area contributed by atoms with Gasteiger partial charge in [0.2, 0.25) is 5.91 Å². The van der Waals surface area contributed by atoms with E-state index < -0.39 is 18.0 Å². The van der Waals surface area contributed by atoms with E-state index in [1.54, 1.807) is 32.0 Å². The molecule has 0 spiro atoms. The minimum atomic E-state index is -1.09. The van der Waals surface area contributed by atoms with Crippen molar-refractivity contribution in [3.63, 3.8) is 0 Å². The van der Waals surface area contributed by atoms with Crippen molar-refractivity contribution in [1.82, 2.24) is 9.88 Å². The average Bonchev–Trinajstić information content (AvgIpc) is 2.61. The zero-order chi connectivity index (χ0) is 21.7. The molecule has 0 radical (unpaired) electrons. The number of carbonyl (C=O) groups excluding carboxylic acids is 3. The van der Waals surface area contributed by atoms with Crippen LogP contribution in [0, 0.1) is 20.8 Å². The van der Waals surface area contributed by atoms with E-state index in [1.165, 1.54) is 18.9 Å². The van der Waals surface area contributed by atoms with Crippen LogP contribution < -0.4 is 5.32 Å². The van der Waals surface area contributed by atoms with Crippen molar-refractivity contribution in [1.29, 1.82) is 0 Å². The normalized spacial score (nSPS) is 11.5. The van der Waals surface area contributed by atoms with Gasteiger partial charge in [0.05, 0.1) is 12.1 Å². The molecule has 29 heavy (non-hydrogen) atoms. The molecule has 1 aromatic heterocycles. The molecule has 1 heterocycles. The highest BCUT2D eigenvalue weighted by Gasteiger charge is 2.26. The maximum Gasteiger partial charge on any atom is 0.342 e. The third-order valence-electron chi connectivity index (χ3n) is 4.23. The summed E-state index contributed by atoms with van der Waals surface area (Å²) < 4.78 is 5.25. The first-order valence-corrected chi connectivity index (χ1v) is 9.42. The third kappa shape index (κ3) is 6.02. The fraction of sp³-hybridized carbons (Fsp3) is 0.333. The van der Waals surface area contributed by atoms with Crippen LogP contribution in [0.4, 0.5) is 5.69 Å². The number of hydrogen-bond donors (Lipinski definition) is 1. The Bertz CT molecular complexity index is 905. The second-order valence-corrected chi connectivity index (χ2v) is 7.26. The SMILES string of the molecule is Cc1ccc(NC(=O)CN(C)C(=O)[C@@H](C)OC(=O)c2c(C)cc(C)nc2Cl)cc1. The average molecular weight is 418 g/mol. The molecule has 1 atom stereocenters. The monoisotopic (exact) mass is 417 g/mol. The first kappa shape index (κ1) is 22.4. The van der Waals surface area contributed by atoms with Crippen LogP contribution in [-0.2, 0) is 14.3 Å². The van der Waals surface area contributed by atoms with Gasteiger partial charge in [-0.05, 0) is 51.5 Å². The summed E-state index contributed by atoms with van der Waals surface area (Å²) in [6, 6.07) is 9.01. The second kappa shape index (κ2) is 9.52. The number of esters is 1. The van der Waals surface area contributed by atoms with Crippen LogP contribution in [0.25, 0.3) is 0 Å². The van der Waals surface area contributed by atoms with Gasteiger partial charge in [0.25, 0.3) is 5.91 Å². The molecule has 0 fully saturated rings. The van der Waals surface area contributed by atoms with Crippen LogP contribution in [0.5, 0.6) is 0 Å². The van der Waals surface area contributed by atoms with Gasteiger partial charge in [0.1, 0.15) is 5.15 Å². The van der Waals surface area contributed by atoms with Gasteiger partial charge in [0.15, 0.2) is 6.10 Å². The van der Waals surface area contributed by atoms with E-state index in [0.717, 1.165) is 5.56 Å². The van der Waals surface area contributed by atoms with Gasteiger partial charge >= 0.3 is 5.97 Å². The van der Waals surface area contributed by atoms with Crippen molar-refractivity contribution in [3.8, 4) is 0 Å². The zero-order valence-corrected chi connectivity index (χ0v) is 17.8. The molecular formula is C21H24ClN3O4. The largest absolute Gasteiger partial charge is 0.449 e. The Morgan fingerprint density at radius 3 is 2.38 bits per heavy atom. The summed E-state index contributed by atoms with van der Waals surface area (Å²) >= 11 is 6.05. The summed E-state index contributed by atoms with van der Waals surface area (Å²) in [4.78, 5) is 42.3. The molecule has 0 aliphatic rings. The number of benzene rings is 1. The van der Waals surface area contributed by atoms with E-state index in [4.69, 9.17) is 16.3 Å². The van der Waals surface area contributed by atoms with E-state index in [9.17, 15) is 14.4 Å². The molecule has 2 rings (SSSR count). The highest BCUT2D eigenvalue weighted by atomic mass is 35.5. The number of carbonyl (C=O) groups is 3. The number of aromatic nitrogens is 1. The molecule has 7 nitrogen and oxygen atoms in total. The molecule has 0 saturated carbocycles. The Morgan fingerprint density at radius 1 is 1.17 bits per heavy atom. The second-order valence-electron chi connectivity index (χ2n) is 6.90. The van der Waals surface area contributed by atoms with Crippen LogP contribution in [0.3, 0.4) is 0 Å². The standard InChI is InChI=1S/C21H24ClN3O4/c1-12-6-8-16(9-7-12)24-17(26)11-25(5)20(27)15(4)29-21(28)18-13(2)10-14(3)23-19(18)22/h6-10,15H,11H2,1-5H3,(H,24,26)/t15-/m1/s1. The van der Waals surface area contributed by atoms with Crippen LogP contribution in [0.15, 0.2) is 30.3 Å². The number of aryl methyl sites for hydroxylation is 3. The van der Waals surface area contributed by atoms with Gasteiger partial charge in [-0.25, -0.2) is 9.78 Å². The van der Waals surface area contributed by atoms with Crippen molar-refractivity contribution in [2.24, 2.45) is 0 Å². The van der Waals surface area contributed by atoms with Gasteiger partial charge in [-0.2, -0.15) is 0 Å². The summed E-state index contributed by atoms with van der Waals surface area (Å²) in [5.41, 5.74) is 3.12. The number of nitrogens with zero attached hydrogens (tertiary/aromatic N) is 2.